The molecule has 0 radical (unpaired) electrons. The van der Waals surface area contributed by atoms with Crippen LogP contribution in [0.2, 0.25) is 0 Å². The molecule has 0 saturated heterocycles. The molecular weight excluding hydrogens is 1400 g/mol. The van der Waals surface area contributed by atoms with Gasteiger partial charge in [0.05, 0.1) is 26.4 Å². The van der Waals surface area contributed by atoms with Gasteiger partial charge in [0.15, 0.2) is 12.2 Å². The topological polar surface area (TPSA) is 237 Å². The average Bonchev–Trinajstić information content (AvgIpc) is 0.940. The van der Waals surface area contributed by atoms with E-state index in [0.29, 0.717) is 25.7 Å². The molecule has 0 amide bonds. The Kier molecular flexibility index (Phi) is 78.8. The van der Waals surface area contributed by atoms with Crippen molar-refractivity contribution in [2.75, 3.05) is 39.6 Å². The van der Waals surface area contributed by atoms with Crippen LogP contribution in [0.5, 0.6) is 0 Å². The van der Waals surface area contributed by atoms with Crippen molar-refractivity contribution in [2.24, 2.45) is 11.8 Å². The molecule has 3 N–H and O–H groups in total. The minimum atomic E-state index is -4.97. The van der Waals surface area contributed by atoms with Crippen molar-refractivity contribution < 1.29 is 80.2 Å². The van der Waals surface area contributed by atoms with Gasteiger partial charge in [0, 0.05) is 25.7 Å². The van der Waals surface area contributed by atoms with Crippen LogP contribution in [0.25, 0.3) is 0 Å². The maximum atomic E-state index is 13.2. The molecule has 0 spiro atoms. The molecule has 0 aromatic carbocycles. The fourth-order valence-corrected chi connectivity index (χ4v) is 15.5. The second-order valence-corrected chi connectivity index (χ2v) is 35.8. The molecule has 0 aromatic rings. The Hall–Kier alpha value is -1.94. The minimum absolute atomic E-state index is 0.109. The van der Waals surface area contributed by atoms with Crippen LogP contribution in [0, 0.1) is 11.8 Å². The van der Waals surface area contributed by atoms with Crippen molar-refractivity contribution in [3.05, 3.63) is 0 Å². The number of carbonyl (C=O) groups excluding carboxylic acids is 4. The van der Waals surface area contributed by atoms with Gasteiger partial charge in [0.2, 0.25) is 0 Å². The molecule has 19 heteroatoms. The van der Waals surface area contributed by atoms with Crippen molar-refractivity contribution in [3.63, 3.8) is 0 Å². The van der Waals surface area contributed by atoms with E-state index in [1.54, 1.807) is 0 Å². The molecule has 0 aromatic heterocycles. The lowest BCUT2D eigenvalue weighted by atomic mass is 10.0. The summed E-state index contributed by atoms with van der Waals surface area (Å²) in [5.74, 6) is -0.469. The lowest BCUT2D eigenvalue weighted by Gasteiger charge is -2.21. The third-order valence-electron chi connectivity index (χ3n) is 21.0. The van der Waals surface area contributed by atoms with Crippen molar-refractivity contribution in [1.29, 1.82) is 0 Å². The standard InChI is InChI=1S/C89H174O17P2/c1-7-9-11-13-15-17-19-21-22-25-31-37-43-49-55-61-67-73-88(93)105-84(77-99-86(91)71-65-59-53-47-41-20-18-16-14-12-10-8-2)79-103-107(95,96)101-75-83(90)76-102-108(97,98)104-80-85(78-100-87(92)72-66-60-54-48-42-36-33-28-30-35-40-46-52-58-64-70-82(5)6)106-89(94)74-68-62-56-50-44-38-32-27-24-23-26-29-34-39-45-51-57-63-69-81(3)4/h81-85,90H,7-80H2,1-6H3,(H,95,96)(H,97,98)/t83-,84+,85+/m0/s1. The summed E-state index contributed by atoms with van der Waals surface area (Å²) in [7, 11) is -9.93. The summed E-state index contributed by atoms with van der Waals surface area (Å²) < 4.78 is 69.0. The number of ether oxygens (including phenoxy) is 4. The van der Waals surface area contributed by atoms with Gasteiger partial charge in [-0.1, -0.05) is 427 Å². The van der Waals surface area contributed by atoms with Crippen molar-refractivity contribution in [1.82, 2.24) is 0 Å². The lowest BCUT2D eigenvalue weighted by molar-refractivity contribution is -0.161. The molecule has 0 heterocycles. The maximum absolute atomic E-state index is 13.2. The van der Waals surface area contributed by atoms with Gasteiger partial charge in [-0.2, -0.15) is 0 Å². The Balaban J connectivity index is 5.25. The number of carbonyl (C=O) groups is 4. The molecule has 5 atom stereocenters. The molecule has 0 aliphatic rings. The summed E-state index contributed by atoms with van der Waals surface area (Å²) in [4.78, 5) is 73.4. The first-order chi connectivity index (χ1) is 52.4. The van der Waals surface area contributed by atoms with Gasteiger partial charge in [-0.25, -0.2) is 9.13 Å². The molecule has 0 bridgehead atoms. The minimum Gasteiger partial charge on any atom is -0.462 e. The monoisotopic (exact) mass is 1580 g/mol. The van der Waals surface area contributed by atoms with E-state index in [2.05, 4.69) is 41.5 Å². The average molecular weight is 1580 g/mol. The van der Waals surface area contributed by atoms with Gasteiger partial charge in [-0.3, -0.25) is 37.3 Å². The maximum Gasteiger partial charge on any atom is 0.472 e. The van der Waals surface area contributed by atoms with Gasteiger partial charge in [-0.15, -0.1) is 0 Å². The van der Waals surface area contributed by atoms with Gasteiger partial charge >= 0.3 is 39.5 Å². The highest BCUT2D eigenvalue weighted by molar-refractivity contribution is 7.47. The Morgan fingerprint density at radius 2 is 0.426 bits per heavy atom. The SMILES string of the molecule is CCCCCCCCCCCCCCCCCCCC(=O)O[C@H](COC(=O)CCCCCCCCCCCCCC)COP(=O)(O)OC[C@H](O)COP(=O)(O)OC[C@@H](COC(=O)CCCCCCCCCCCCCCCCCC(C)C)OC(=O)CCCCCCCCCCCCCCCCCCCCC(C)C. The Morgan fingerprint density at radius 3 is 0.630 bits per heavy atom. The first-order valence-electron chi connectivity index (χ1n) is 46.0. The fourth-order valence-electron chi connectivity index (χ4n) is 14.0. The first-order valence-corrected chi connectivity index (χ1v) is 49.0. The lowest BCUT2D eigenvalue weighted by Crippen LogP contribution is -2.30. The Bertz CT molecular complexity index is 2060. The van der Waals surface area contributed by atoms with Crippen molar-refractivity contribution in [3.8, 4) is 0 Å². The number of hydrogen-bond acceptors (Lipinski definition) is 15. The largest absolute Gasteiger partial charge is 0.472 e. The second-order valence-electron chi connectivity index (χ2n) is 32.9. The van der Waals surface area contributed by atoms with E-state index in [-0.39, 0.29) is 25.7 Å². The molecule has 0 aliphatic heterocycles. The van der Waals surface area contributed by atoms with Gasteiger partial charge in [-0.05, 0) is 37.5 Å². The zero-order valence-electron chi connectivity index (χ0n) is 71.2. The normalized spacial score (nSPS) is 13.8. The number of esters is 4. The van der Waals surface area contributed by atoms with Crippen LogP contribution in [0.3, 0.4) is 0 Å². The highest BCUT2D eigenvalue weighted by atomic mass is 31.2. The number of phosphoric acid groups is 2. The Labute approximate surface area is 664 Å². The highest BCUT2D eigenvalue weighted by Crippen LogP contribution is 2.45. The molecule has 0 rings (SSSR count). The quantitative estimate of drug-likeness (QED) is 0.0222. The zero-order valence-corrected chi connectivity index (χ0v) is 73.0. The summed E-state index contributed by atoms with van der Waals surface area (Å²) >= 11 is 0. The van der Waals surface area contributed by atoms with Crippen LogP contribution in [-0.2, 0) is 65.4 Å². The highest BCUT2D eigenvalue weighted by Gasteiger charge is 2.31. The second kappa shape index (κ2) is 80.3. The predicted octanol–water partition coefficient (Wildman–Crippen LogP) is 27.4. The van der Waals surface area contributed by atoms with Crippen LogP contribution in [0.15, 0.2) is 0 Å². The number of aliphatic hydroxyl groups is 1. The van der Waals surface area contributed by atoms with Crippen LogP contribution >= 0.6 is 15.6 Å². The molecule has 2 unspecified atom stereocenters. The third kappa shape index (κ3) is 82.1. The Morgan fingerprint density at radius 1 is 0.250 bits per heavy atom. The van der Waals surface area contributed by atoms with E-state index in [0.717, 1.165) is 102 Å². The van der Waals surface area contributed by atoms with E-state index in [1.165, 1.54) is 295 Å². The third-order valence-corrected chi connectivity index (χ3v) is 22.9. The number of rotatable bonds is 88. The smallest absolute Gasteiger partial charge is 0.462 e. The first kappa shape index (κ1) is 106. The summed E-state index contributed by atoms with van der Waals surface area (Å²) in [5, 5.41) is 10.7. The number of hydrogen-bond donors (Lipinski definition) is 3. The van der Waals surface area contributed by atoms with Crippen molar-refractivity contribution in [2.45, 2.75) is 496 Å². The zero-order chi connectivity index (χ0) is 79.2. The molecule has 17 nitrogen and oxygen atoms in total. The van der Waals surface area contributed by atoms with Crippen molar-refractivity contribution >= 4 is 39.5 Å². The van der Waals surface area contributed by atoms with Gasteiger partial charge in [0.25, 0.3) is 0 Å². The van der Waals surface area contributed by atoms with E-state index < -0.39 is 97.5 Å². The summed E-state index contributed by atoms with van der Waals surface area (Å²) in [6.45, 7) is 9.76. The van der Waals surface area contributed by atoms with Crippen LogP contribution < -0.4 is 0 Å². The number of unbranched alkanes of at least 4 members (excludes halogenated alkanes) is 58. The van der Waals surface area contributed by atoms with Gasteiger partial charge < -0.3 is 33.8 Å². The molecule has 0 aliphatic carbocycles. The van der Waals surface area contributed by atoms with Crippen LogP contribution in [-0.4, -0.2) is 96.7 Å². The number of aliphatic hydroxyl groups excluding tert-OH is 1. The van der Waals surface area contributed by atoms with E-state index in [4.69, 9.17) is 37.0 Å². The summed E-state index contributed by atoms with van der Waals surface area (Å²) in [6, 6.07) is 0. The number of phosphoric ester groups is 2. The van der Waals surface area contributed by atoms with Gasteiger partial charge in [0.1, 0.15) is 19.3 Å². The molecule has 108 heavy (non-hydrogen) atoms. The summed E-state index contributed by atoms with van der Waals surface area (Å²) in [6.07, 6.45) is 73.5. The summed E-state index contributed by atoms with van der Waals surface area (Å²) in [5.41, 5.74) is 0. The van der Waals surface area contributed by atoms with E-state index in [1.807, 2.05) is 0 Å². The molecule has 0 fully saturated rings. The molecule has 0 saturated carbocycles. The molecule has 642 valence electrons. The fraction of sp³-hybridized carbons (Fsp3) is 0.955. The van der Waals surface area contributed by atoms with E-state index in [9.17, 15) is 43.2 Å². The van der Waals surface area contributed by atoms with Crippen LogP contribution in [0.4, 0.5) is 0 Å². The predicted molar refractivity (Wildman–Crippen MR) is 446 cm³/mol. The van der Waals surface area contributed by atoms with Crippen LogP contribution in [0.1, 0.15) is 478 Å². The molecular formula is C89H174O17P2. The van der Waals surface area contributed by atoms with E-state index >= 15 is 0 Å².